The van der Waals surface area contributed by atoms with E-state index in [1.807, 2.05) is 0 Å². The lowest BCUT2D eigenvalue weighted by molar-refractivity contribution is -0.167. The molecule has 6 heteroatoms. The average molecular weight is 805 g/mol. The molecule has 0 heterocycles. The molecule has 0 fully saturated rings. The molecule has 0 aliphatic carbocycles. The van der Waals surface area contributed by atoms with E-state index in [1.165, 1.54) is 173 Å². The first-order chi connectivity index (χ1) is 28.0. The van der Waals surface area contributed by atoms with Gasteiger partial charge in [-0.25, -0.2) is 0 Å². The average Bonchev–Trinajstić information content (AvgIpc) is 3.21. The van der Waals surface area contributed by atoms with Gasteiger partial charge in [0.25, 0.3) is 0 Å². The molecule has 0 N–H and O–H groups in total. The van der Waals surface area contributed by atoms with Gasteiger partial charge in [0.1, 0.15) is 13.2 Å². The Labute approximate surface area is 354 Å². The van der Waals surface area contributed by atoms with Gasteiger partial charge in [-0.05, 0) is 44.9 Å². The Hall–Kier alpha value is -1.85. The molecule has 57 heavy (non-hydrogen) atoms. The SMILES string of the molecule is CCCCCCC/C=C\CCCCCCCC(=O)O[C@H](COC(=O)CCCCCCCCCCC)COC(=O)CCCCCCCCCCCCCCCCCC. The quantitative estimate of drug-likeness (QED) is 0.0264. The molecule has 0 saturated heterocycles. The molecule has 0 aliphatic rings. The number of esters is 3. The fourth-order valence-electron chi connectivity index (χ4n) is 7.44. The summed E-state index contributed by atoms with van der Waals surface area (Å²) in [5.41, 5.74) is 0. The highest BCUT2D eigenvalue weighted by molar-refractivity contribution is 5.71. The maximum atomic E-state index is 12.7. The minimum Gasteiger partial charge on any atom is -0.462 e. The summed E-state index contributed by atoms with van der Waals surface area (Å²) >= 11 is 0. The van der Waals surface area contributed by atoms with Crippen LogP contribution in [0.25, 0.3) is 0 Å². The van der Waals surface area contributed by atoms with Crippen molar-refractivity contribution in [3.8, 4) is 0 Å². The number of ether oxygens (including phenoxy) is 3. The van der Waals surface area contributed by atoms with Gasteiger partial charge in [-0.3, -0.25) is 14.4 Å². The molecule has 336 valence electrons. The second kappa shape index (κ2) is 46.8. The molecule has 0 saturated carbocycles. The van der Waals surface area contributed by atoms with Crippen molar-refractivity contribution >= 4 is 17.9 Å². The zero-order chi connectivity index (χ0) is 41.5. The fourth-order valence-corrected chi connectivity index (χ4v) is 7.44. The number of rotatable bonds is 46. The van der Waals surface area contributed by atoms with Crippen LogP contribution in [0, 0.1) is 0 Å². The molecule has 0 radical (unpaired) electrons. The van der Waals surface area contributed by atoms with Gasteiger partial charge >= 0.3 is 17.9 Å². The van der Waals surface area contributed by atoms with Gasteiger partial charge < -0.3 is 14.2 Å². The van der Waals surface area contributed by atoms with Crippen molar-refractivity contribution in [2.45, 2.75) is 284 Å². The lowest BCUT2D eigenvalue weighted by atomic mass is 10.0. The van der Waals surface area contributed by atoms with Crippen LogP contribution in [-0.2, 0) is 28.6 Å². The second-order valence-electron chi connectivity index (χ2n) is 17.1. The van der Waals surface area contributed by atoms with Crippen molar-refractivity contribution in [2.75, 3.05) is 13.2 Å². The Morgan fingerprint density at radius 1 is 0.333 bits per heavy atom. The first-order valence-electron chi connectivity index (χ1n) is 25.2. The van der Waals surface area contributed by atoms with Crippen molar-refractivity contribution in [3.63, 3.8) is 0 Å². The highest BCUT2D eigenvalue weighted by Gasteiger charge is 2.19. The van der Waals surface area contributed by atoms with E-state index in [1.54, 1.807) is 0 Å². The van der Waals surface area contributed by atoms with Gasteiger partial charge in [0, 0.05) is 19.3 Å². The van der Waals surface area contributed by atoms with Gasteiger partial charge in [0.2, 0.25) is 0 Å². The summed E-state index contributed by atoms with van der Waals surface area (Å²) in [6.45, 7) is 6.63. The van der Waals surface area contributed by atoms with E-state index < -0.39 is 6.10 Å². The third-order valence-corrected chi connectivity index (χ3v) is 11.3. The van der Waals surface area contributed by atoms with Crippen LogP contribution < -0.4 is 0 Å². The summed E-state index contributed by atoms with van der Waals surface area (Å²) in [7, 11) is 0. The molecule has 0 aromatic rings. The minimum atomic E-state index is -0.766. The zero-order valence-corrected chi connectivity index (χ0v) is 38.4. The summed E-state index contributed by atoms with van der Waals surface area (Å²) < 4.78 is 16.7. The third-order valence-electron chi connectivity index (χ3n) is 11.3. The summed E-state index contributed by atoms with van der Waals surface area (Å²) in [6, 6.07) is 0. The predicted octanol–water partition coefficient (Wildman–Crippen LogP) is 16.2. The normalized spacial score (nSPS) is 12.0. The lowest BCUT2D eigenvalue weighted by Crippen LogP contribution is -2.30. The van der Waals surface area contributed by atoms with E-state index in [-0.39, 0.29) is 31.1 Å². The van der Waals surface area contributed by atoms with E-state index in [4.69, 9.17) is 14.2 Å². The Kier molecular flexibility index (Phi) is 45.3. The van der Waals surface area contributed by atoms with Crippen molar-refractivity contribution in [3.05, 3.63) is 12.2 Å². The molecule has 0 bridgehead atoms. The summed E-state index contributed by atoms with van der Waals surface area (Å²) in [5, 5.41) is 0. The monoisotopic (exact) mass is 805 g/mol. The highest BCUT2D eigenvalue weighted by Crippen LogP contribution is 2.16. The van der Waals surface area contributed by atoms with Crippen LogP contribution in [0.5, 0.6) is 0 Å². The number of allylic oxidation sites excluding steroid dienone is 2. The molecular formula is C51H96O6. The number of unbranched alkanes of at least 4 members (excludes halogenated alkanes) is 33. The molecular weight excluding hydrogens is 709 g/mol. The summed E-state index contributed by atoms with van der Waals surface area (Å²) in [6.07, 6.45) is 50.5. The Balaban J connectivity index is 4.29. The van der Waals surface area contributed by atoms with Crippen LogP contribution in [0.1, 0.15) is 278 Å². The first-order valence-corrected chi connectivity index (χ1v) is 25.2. The lowest BCUT2D eigenvalue weighted by Gasteiger charge is -2.18. The van der Waals surface area contributed by atoms with Crippen molar-refractivity contribution in [1.29, 1.82) is 0 Å². The Bertz CT molecular complexity index is 885. The zero-order valence-electron chi connectivity index (χ0n) is 38.4. The molecule has 0 aromatic heterocycles. The molecule has 1 atom stereocenters. The van der Waals surface area contributed by atoms with Crippen LogP contribution in [-0.4, -0.2) is 37.2 Å². The number of carbonyl (C=O) groups is 3. The molecule has 0 rings (SSSR count). The maximum absolute atomic E-state index is 12.7. The van der Waals surface area contributed by atoms with Crippen LogP contribution in [0.2, 0.25) is 0 Å². The Morgan fingerprint density at radius 2 is 0.579 bits per heavy atom. The molecule has 6 nitrogen and oxygen atoms in total. The molecule has 0 spiro atoms. The van der Waals surface area contributed by atoms with E-state index in [9.17, 15) is 14.4 Å². The number of carbonyl (C=O) groups excluding carboxylic acids is 3. The molecule has 0 unspecified atom stereocenters. The highest BCUT2D eigenvalue weighted by atomic mass is 16.6. The standard InChI is InChI=1S/C51H96O6/c1-4-7-10-13-16-19-21-23-25-26-28-29-32-35-38-41-44-50(53)56-47-48(46-55-49(52)43-40-37-34-31-18-15-12-9-6-3)57-51(54)45-42-39-36-33-30-27-24-22-20-17-14-11-8-5-2/h22,24,48H,4-21,23,25-47H2,1-3H3/b24-22-/t48-/m1/s1. The van der Waals surface area contributed by atoms with Crippen molar-refractivity contribution in [2.24, 2.45) is 0 Å². The van der Waals surface area contributed by atoms with Crippen LogP contribution >= 0.6 is 0 Å². The number of hydrogen-bond acceptors (Lipinski definition) is 6. The minimum absolute atomic E-state index is 0.0685. The smallest absolute Gasteiger partial charge is 0.306 e. The van der Waals surface area contributed by atoms with Gasteiger partial charge in [0.15, 0.2) is 6.10 Å². The molecule has 0 aliphatic heterocycles. The van der Waals surface area contributed by atoms with Crippen LogP contribution in [0.15, 0.2) is 12.2 Å². The molecule has 0 aromatic carbocycles. The van der Waals surface area contributed by atoms with Gasteiger partial charge in [-0.15, -0.1) is 0 Å². The van der Waals surface area contributed by atoms with Crippen LogP contribution in [0.4, 0.5) is 0 Å². The van der Waals surface area contributed by atoms with Crippen molar-refractivity contribution in [1.82, 2.24) is 0 Å². The Morgan fingerprint density at radius 3 is 0.877 bits per heavy atom. The number of hydrogen-bond donors (Lipinski definition) is 0. The second-order valence-corrected chi connectivity index (χ2v) is 17.1. The topological polar surface area (TPSA) is 78.9 Å². The fraction of sp³-hybridized carbons (Fsp3) is 0.902. The van der Waals surface area contributed by atoms with E-state index in [2.05, 4.69) is 32.9 Å². The van der Waals surface area contributed by atoms with E-state index >= 15 is 0 Å². The summed E-state index contributed by atoms with van der Waals surface area (Å²) in [4.78, 5) is 37.8. The largest absolute Gasteiger partial charge is 0.462 e. The third kappa shape index (κ3) is 45.1. The molecule has 0 amide bonds. The van der Waals surface area contributed by atoms with Crippen LogP contribution in [0.3, 0.4) is 0 Å². The first kappa shape index (κ1) is 55.2. The predicted molar refractivity (Wildman–Crippen MR) is 243 cm³/mol. The summed E-state index contributed by atoms with van der Waals surface area (Å²) in [5.74, 6) is -0.865. The van der Waals surface area contributed by atoms with E-state index in [0.717, 1.165) is 64.2 Å². The van der Waals surface area contributed by atoms with Crippen molar-refractivity contribution < 1.29 is 28.6 Å². The van der Waals surface area contributed by atoms with E-state index in [0.29, 0.717) is 19.3 Å². The van der Waals surface area contributed by atoms with Gasteiger partial charge in [-0.2, -0.15) is 0 Å². The van der Waals surface area contributed by atoms with Gasteiger partial charge in [-0.1, -0.05) is 226 Å². The van der Waals surface area contributed by atoms with Gasteiger partial charge in [0.05, 0.1) is 0 Å². The maximum Gasteiger partial charge on any atom is 0.306 e.